The lowest BCUT2D eigenvalue weighted by atomic mass is 10.6. The highest BCUT2D eigenvalue weighted by Gasteiger charge is 1.90. The van der Waals surface area contributed by atoms with E-state index >= 15 is 0 Å². The van der Waals surface area contributed by atoms with Crippen molar-refractivity contribution in [3.63, 3.8) is 0 Å². The Morgan fingerprint density at radius 3 is 2.86 bits per heavy atom. The van der Waals surface area contributed by atoms with Crippen LogP contribution in [0.4, 0.5) is 0 Å². The quantitative estimate of drug-likeness (QED) is 0.506. The summed E-state index contributed by atoms with van der Waals surface area (Å²) in [5.74, 6) is 0. The van der Waals surface area contributed by atoms with Crippen LogP contribution in [0, 0.1) is 0 Å². The summed E-state index contributed by atoms with van der Waals surface area (Å²) in [5.41, 5.74) is 0. The Morgan fingerprint density at radius 2 is 2.57 bits per heavy atom. The highest BCUT2D eigenvalue weighted by atomic mass is 35.5. The molecular weight excluding hydrogens is 130 g/mol. The van der Waals surface area contributed by atoms with Crippen molar-refractivity contribution >= 4 is 23.5 Å². The SMILES string of the molecule is ClC1=CC=CNS1. The minimum absolute atomic E-state index is 0.780. The van der Waals surface area contributed by atoms with Crippen LogP contribution in [0.5, 0.6) is 0 Å². The second-order valence-corrected chi connectivity index (χ2v) is 2.56. The van der Waals surface area contributed by atoms with Gasteiger partial charge in [0.25, 0.3) is 0 Å². The second-order valence-electron chi connectivity index (χ2n) is 1.05. The molecule has 1 aliphatic heterocycles. The average Bonchev–Trinajstić information content (AvgIpc) is 1.69. The maximum absolute atomic E-state index is 5.53. The molecule has 1 heterocycles. The van der Waals surface area contributed by atoms with Gasteiger partial charge in [-0.3, -0.25) is 0 Å². The van der Waals surface area contributed by atoms with Crippen molar-refractivity contribution < 1.29 is 0 Å². The molecule has 3 heteroatoms. The van der Waals surface area contributed by atoms with Gasteiger partial charge in [0.05, 0.1) is 4.36 Å². The number of hydrogen-bond acceptors (Lipinski definition) is 2. The normalized spacial score (nSPS) is 18.1. The topological polar surface area (TPSA) is 12.0 Å². The Kier molecular flexibility index (Phi) is 1.65. The smallest absolute Gasteiger partial charge is 0.0943 e. The molecule has 0 aromatic carbocycles. The Morgan fingerprint density at radius 1 is 1.71 bits per heavy atom. The van der Waals surface area contributed by atoms with Gasteiger partial charge < -0.3 is 4.72 Å². The molecule has 0 aromatic rings. The molecule has 1 aliphatic rings. The summed E-state index contributed by atoms with van der Waals surface area (Å²) in [5, 5.41) is 0. The van der Waals surface area contributed by atoms with Gasteiger partial charge in [0.15, 0.2) is 0 Å². The lowest BCUT2D eigenvalue weighted by Gasteiger charge is -1.99. The molecule has 0 radical (unpaired) electrons. The first kappa shape index (κ1) is 5.06. The van der Waals surface area contributed by atoms with Gasteiger partial charge in [0.1, 0.15) is 0 Å². The van der Waals surface area contributed by atoms with Gasteiger partial charge in [-0.05, 0) is 24.1 Å². The van der Waals surface area contributed by atoms with Crippen LogP contribution in [-0.2, 0) is 0 Å². The minimum atomic E-state index is 0.780. The van der Waals surface area contributed by atoms with E-state index in [0.29, 0.717) is 0 Å². The van der Waals surface area contributed by atoms with Gasteiger partial charge in [-0.2, -0.15) is 0 Å². The van der Waals surface area contributed by atoms with Crippen LogP contribution in [0.15, 0.2) is 22.7 Å². The highest BCUT2D eigenvalue weighted by molar-refractivity contribution is 8.02. The van der Waals surface area contributed by atoms with Gasteiger partial charge in [-0.25, -0.2) is 0 Å². The predicted octanol–water partition coefficient (Wildman–Crippen LogP) is 1.83. The standard InChI is InChI=1S/C4H4ClNS/c5-4-2-1-3-6-7-4/h1-3,6H. The summed E-state index contributed by atoms with van der Waals surface area (Å²) in [6.07, 6.45) is 5.53. The average molecular weight is 134 g/mol. The third-order valence-electron chi connectivity index (χ3n) is 0.548. The molecule has 1 rings (SSSR count). The molecule has 0 amide bonds. The monoisotopic (exact) mass is 133 g/mol. The summed E-state index contributed by atoms with van der Waals surface area (Å²) >= 11 is 6.93. The van der Waals surface area contributed by atoms with E-state index in [4.69, 9.17) is 11.6 Å². The molecule has 0 saturated carbocycles. The van der Waals surface area contributed by atoms with E-state index in [2.05, 4.69) is 4.72 Å². The summed E-state index contributed by atoms with van der Waals surface area (Å²) in [6, 6.07) is 0. The summed E-state index contributed by atoms with van der Waals surface area (Å²) < 4.78 is 3.65. The van der Waals surface area contributed by atoms with Crippen LogP contribution in [-0.4, -0.2) is 0 Å². The van der Waals surface area contributed by atoms with Crippen LogP contribution < -0.4 is 4.72 Å². The molecule has 0 bridgehead atoms. The Bertz CT molecular complexity index is 119. The highest BCUT2D eigenvalue weighted by Crippen LogP contribution is 2.18. The third-order valence-corrected chi connectivity index (χ3v) is 1.49. The molecular formula is C4H4ClNS. The van der Waals surface area contributed by atoms with E-state index in [1.807, 2.05) is 18.4 Å². The van der Waals surface area contributed by atoms with Gasteiger partial charge in [0.2, 0.25) is 0 Å². The van der Waals surface area contributed by atoms with Gasteiger partial charge >= 0.3 is 0 Å². The van der Waals surface area contributed by atoms with Crippen LogP contribution in [0.3, 0.4) is 0 Å². The molecule has 0 aliphatic carbocycles. The fourth-order valence-corrected chi connectivity index (χ4v) is 0.900. The van der Waals surface area contributed by atoms with Gasteiger partial charge in [-0.15, -0.1) is 0 Å². The lowest BCUT2D eigenvalue weighted by molar-refractivity contribution is 1.41. The van der Waals surface area contributed by atoms with Crippen LogP contribution in [0.1, 0.15) is 0 Å². The third kappa shape index (κ3) is 1.45. The zero-order chi connectivity index (χ0) is 5.11. The molecule has 0 spiro atoms. The summed E-state index contributed by atoms with van der Waals surface area (Å²) in [7, 11) is 0. The van der Waals surface area contributed by atoms with E-state index < -0.39 is 0 Å². The van der Waals surface area contributed by atoms with Crippen molar-refractivity contribution in [2.75, 3.05) is 0 Å². The predicted molar refractivity (Wildman–Crippen MR) is 33.8 cm³/mol. The van der Waals surface area contributed by atoms with Crippen molar-refractivity contribution in [1.82, 2.24) is 4.72 Å². The minimum Gasteiger partial charge on any atom is -0.332 e. The van der Waals surface area contributed by atoms with E-state index in [1.165, 1.54) is 11.9 Å². The Hall–Kier alpha value is -0.0800. The van der Waals surface area contributed by atoms with Crippen molar-refractivity contribution in [3.05, 3.63) is 22.7 Å². The molecule has 0 unspecified atom stereocenters. The molecule has 0 atom stereocenters. The maximum Gasteiger partial charge on any atom is 0.0943 e. The number of hydrogen-bond donors (Lipinski definition) is 1. The van der Waals surface area contributed by atoms with Crippen LogP contribution in [0.25, 0.3) is 0 Å². The fourth-order valence-electron chi connectivity index (χ4n) is 0.287. The number of nitrogens with one attached hydrogen (secondary N) is 1. The molecule has 0 fully saturated rings. The maximum atomic E-state index is 5.53. The largest absolute Gasteiger partial charge is 0.332 e. The van der Waals surface area contributed by atoms with Gasteiger partial charge in [-0.1, -0.05) is 11.6 Å². The fraction of sp³-hybridized carbons (Fsp3) is 0. The first-order valence-electron chi connectivity index (χ1n) is 1.84. The van der Waals surface area contributed by atoms with Crippen molar-refractivity contribution in [2.45, 2.75) is 0 Å². The summed E-state index contributed by atoms with van der Waals surface area (Å²) in [4.78, 5) is 0. The van der Waals surface area contributed by atoms with Crippen LogP contribution in [0.2, 0.25) is 0 Å². The van der Waals surface area contributed by atoms with E-state index in [1.54, 1.807) is 0 Å². The van der Waals surface area contributed by atoms with Crippen LogP contribution >= 0.6 is 23.5 Å². The van der Waals surface area contributed by atoms with E-state index in [-0.39, 0.29) is 0 Å². The Balaban J connectivity index is 2.57. The lowest BCUT2D eigenvalue weighted by Crippen LogP contribution is -1.91. The van der Waals surface area contributed by atoms with Crippen molar-refractivity contribution in [2.24, 2.45) is 0 Å². The summed E-state index contributed by atoms with van der Waals surface area (Å²) in [6.45, 7) is 0. The zero-order valence-electron chi connectivity index (χ0n) is 3.52. The first-order chi connectivity index (χ1) is 3.39. The number of rotatable bonds is 0. The van der Waals surface area contributed by atoms with E-state index in [0.717, 1.165) is 4.36 Å². The van der Waals surface area contributed by atoms with E-state index in [9.17, 15) is 0 Å². The molecule has 38 valence electrons. The second kappa shape index (κ2) is 2.28. The molecule has 1 N–H and O–H groups in total. The molecule has 0 saturated heterocycles. The van der Waals surface area contributed by atoms with Gasteiger partial charge in [0, 0.05) is 6.20 Å². The number of halogens is 1. The molecule has 0 aromatic heterocycles. The zero-order valence-corrected chi connectivity index (χ0v) is 5.09. The Labute approximate surface area is 51.6 Å². The molecule has 1 nitrogen and oxygen atoms in total. The molecule has 7 heavy (non-hydrogen) atoms. The van der Waals surface area contributed by atoms with Crippen molar-refractivity contribution in [3.8, 4) is 0 Å². The number of allylic oxidation sites excluding steroid dienone is 2. The first-order valence-corrected chi connectivity index (χ1v) is 3.04. The van der Waals surface area contributed by atoms with Crippen molar-refractivity contribution in [1.29, 1.82) is 0 Å².